The van der Waals surface area contributed by atoms with Crippen LogP contribution in [0.3, 0.4) is 0 Å². The van der Waals surface area contributed by atoms with Crippen molar-refractivity contribution in [3.63, 3.8) is 0 Å². The number of anilines is 2. The van der Waals surface area contributed by atoms with E-state index in [0.29, 0.717) is 5.95 Å². The molecule has 1 N–H and O–H groups in total. The summed E-state index contributed by atoms with van der Waals surface area (Å²) >= 11 is 1.67. The normalized spacial score (nSPS) is 18.4. The average Bonchev–Trinajstić information content (AvgIpc) is 3.57. The maximum Gasteiger partial charge on any atom is 0.227 e. The lowest BCUT2D eigenvalue weighted by Gasteiger charge is -2.25. The van der Waals surface area contributed by atoms with Gasteiger partial charge in [-0.15, -0.1) is 11.3 Å². The lowest BCUT2D eigenvalue weighted by Crippen LogP contribution is -2.32. The molecule has 5 nitrogen and oxygen atoms in total. The van der Waals surface area contributed by atoms with Gasteiger partial charge in [-0.3, -0.25) is 0 Å². The second kappa shape index (κ2) is 9.26. The van der Waals surface area contributed by atoms with E-state index in [1.165, 1.54) is 61.0 Å². The number of thiazole rings is 1. The highest BCUT2D eigenvalue weighted by Crippen LogP contribution is 2.32. The quantitative estimate of drug-likeness (QED) is 0.275. The van der Waals surface area contributed by atoms with Crippen LogP contribution in [0.4, 0.5) is 11.6 Å². The van der Waals surface area contributed by atoms with Gasteiger partial charge >= 0.3 is 0 Å². The lowest BCUT2D eigenvalue weighted by atomic mass is 10.0. The van der Waals surface area contributed by atoms with Gasteiger partial charge in [0.25, 0.3) is 0 Å². The van der Waals surface area contributed by atoms with Gasteiger partial charge in [-0.05, 0) is 92.6 Å². The molecule has 180 valence electrons. The van der Waals surface area contributed by atoms with Crippen LogP contribution >= 0.6 is 11.3 Å². The van der Waals surface area contributed by atoms with Crippen LogP contribution in [0.5, 0.6) is 0 Å². The smallest absolute Gasteiger partial charge is 0.227 e. The van der Waals surface area contributed by atoms with Crippen LogP contribution in [0, 0.1) is 0 Å². The fourth-order valence-corrected chi connectivity index (χ4v) is 6.60. The molecule has 0 spiro atoms. The van der Waals surface area contributed by atoms with E-state index in [0.717, 1.165) is 45.7 Å². The van der Waals surface area contributed by atoms with Crippen molar-refractivity contribution in [2.75, 3.05) is 18.4 Å². The molecule has 1 saturated heterocycles. The molecule has 2 aromatic heterocycles. The average molecular weight is 492 g/mol. The number of nitrogens with one attached hydrogen (secondary N) is 1. The van der Waals surface area contributed by atoms with Crippen molar-refractivity contribution >= 4 is 44.1 Å². The Morgan fingerprint density at radius 1 is 0.889 bits per heavy atom. The highest BCUT2D eigenvalue weighted by molar-refractivity contribution is 7.16. The number of hydrogen-bond acceptors (Lipinski definition) is 6. The highest BCUT2D eigenvalue weighted by atomic mass is 32.1. The third kappa shape index (κ3) is 4.14. The Morgan fingerprint density at radius 2 is 1.78 bits per heavy atom. The molecular formula is C30H29N5S. The first kappa shape index (κ1) is 21.9. The first-order chi connectivity index (χ1) is 17.8. The van der Waals surface area contributed by atoms with Crippen LogP contribution in [0.1, 0.15) is 36.8 Å². The van der Waals surface area contributed by atoms with E-state index in [2.05, 4.69) is 74.8 Å². The number of hydrogen-bond donors (Lipinski definition) is 1. The lowest BCUT2D eigenvalue weighted by molar-refractivity contribution is 0.222. The van der Waals surface area contributed by atoms with Gasteiger partial charge < -0.3 is 10.2 Å². The summed E-state index contributed by atoms with van der Waals surface area (Å²) in [4.78, 5) is 16.8. The van der Waals surface area contributed by atoms with E-state index >= 15 is 0 Å². The molecule has 0 unspecified atom stereocenters. The van der Waals surface area contributed by atoms with Crippen LogP contribution in [0.2, 0.25) is 0 Å². The SMILES string of the molecule is c1cc(-c2ccc3scnc3c2)c2nc(Nc3ccc4c(c3)CC[C@@H](N3CCCC3)CC4)ncc2c1. The maximum atomic E-state index is 4.96. The molecule has 1 fully saturated rings. The molecule has 3 heterocycles. The van der Waals surface area contributed by atoms with Crippen molar-refractivity contribution < 1.29 is 0 Å². The minimum atomic E-state index is 0.633. The van der Waals surface area contributed by atoms with Gasteiger partial charge in [0.05, 0.1) is 21.2 Å². The molecule has 36 heavy (non-hydrogen) atoms. The van der Waals surface area contributed by atoms with Crippen LogP contribution in [-0.4, -0.2) is 39.0 Å². The first-order valence-corrected chi connectivity index (χ1v) is 13.9. The molecule has 1 aliphatic carbocycles. The number of aromatic nitrogens is 3. The van der Waals surface area contributed by atoms with Crippen molar-refractivity contribution in [3.8, 4) is 11.1 Å². The van der Waals surface area contributed by atoms with Crippen LogP contribution in [0.25, 0.3) is 32.2 Å². The van der Waals surface area contributed by atoms with Crippen molar-refractivity contribution in [1.29, 1.82) is 0 Å². The van der Waals surface area contributed by atoms with Crippen molar-refractivity contribution in [1.82, 2.24) is 19.9 Å². The summed E-state index contributed by atoms with van der Waals surface area (Å²) in [6.45, 7) is 2.57. The Kier molecular flexibility index (Phi) is 5.63. The van der Waals surface area contributed by atoms with Crippen molar-refractivity contribution in [2.45, 2.75) is 44.6 Å². The van der Waals surface area contributed by atoms with Gasteiger partial charge in [0.2, 0.25) is 5.95 Å². The number of benzene rings is 3. The van der Waals surface area contributed by atoms with Gasteiger partial charge in [-0.25, -0.2) is 15.0 Å². The fourth-order valence-electron chi connectivity index (χ4n) is 5.94. The van der Waals surface area contributed by atoms with Gasteiger partial charge in [0, 0.05) is 28.9 Å². The molecule has 0 bridgehead atoms. The molecule has 7 rings (SSSR count). The molecule has 0 radical (unpaired) electrons. The van der Waals surface area contributed by atoms with E-state index in [1.54, 1.807) is 11.3 Å². The van der Waals surface area contributed by atoms with Gasteiger partial charge in [-0.1, -0.05) is 30.3 Å². The van der Waals surface area contributed by atoms with Crippen molar-refractivity contribution in [2.24, 2.45) is 0 Å². The summed E-state index contributed by atoms with van der Waals surface area (Å²) in [5.41, 5.74) is 10.1. The van der Waals surface area contributed by atoms with Crippen LogP contribution in [0.15, 0.2) is 66.3 Å². The summed E-state index contributed by atoms with van der Waals surface area (Å²) in [5.74, 6) is 0.633. The highest BCUT2D eigenvalue weighted by Gasteiger charge is 2.24. The molecule has 6 heteroatoms. The number of aryl methyl sites for hydroxylation is 2. The number of fused-ring (bicyclic) bond motifs is 3. The molecule has 2 aliphatic rings. The summed E-state index contributed by atoms with van der Waals surface area (Å²) in [6, 6.07) is 20.3. The minimum absolute atomic E-state index is 0.633. The Morgan fingerprint density at radius 3 is 2.69 bits per heavy atom. The first-order valence-electron chi connectivity index (χ1n) is 13.0. The third-order valence-electron chi connectivity index (χ3n) is 7.87. The monoisotopic (exact) mass is 491 g/mol. The fraction of sp³-hybridized carbons (Fsp3) is 0.300. The Labute approximate surface area is 215 Å². The van der Waals surface area contributed by atoms with Crippen LogP contribution < -0.4 is 5.32 Å². The Bertz CT molecular complexity index is 1550. The third-order valence-corrected chi connectivity index (χ3v) is 8.68. The largest absolute Gasteiger partial charge is 0.324 e. The van der Waals surface area contributed by atoms with E-state index in [9.17, 15) is 0 Å². The molecule has 3 aromatic carbocycles. The molecule has 5 aromatic rings. The zero-order chi connectivity index (χ0) is 23.9. The second-order valence-electron chi connectivity index (χ2n) is 10.1. The van der Waals surface area contributed by atoms with E-state index in [-0.39, 0.29) is 0 Å². The number of para-hydroxylation sites is 1. The molecule has 1 aliphatic heterocycles. The van der Waals surface area contributed by atoms with Crippen LogP contribution in [-0.2, 0) is 12.8 Å². The molecule has 0 saturated carbocycles. The maximum absolute atomic E-state index is 4.96. The predicted octanol–water partition coefficient (Wildman–Crippen LogP) is 6.99. The number of rotatable bonds is 4. The Balaban J connectivity index is 1.16. The summed E-state index contributed by atoms with van der Waals surface area (Å²) < 4.78 is 1.20. The van der Waals surface area contributed by atoms with Gasteiger partial charge in [0.15, 0.2) is 0 Å². The minimum Gasteiger partial charge on any atom is -0.324 e. The summed E-state index contributed by atoms with van der Waals surface area (Å²) in [5, 5.41) is 4.53. The van der Waals surface area contributed by atoms with Gasteiger partial charge in [0.1, 0.15) is 0 Å². The zero-order valence-electron chi connectivity index (χ0n) is 20.3. The van der Waals surface area contributed by atoms with Crippen molar-refractivity contribution in [3.05, 3.63) is 77.4 Å². The van der Waals surface area contributed by atoms with Gasteiger partial charge in [-0.2, -0.15) is 0 Å². The number of likely N-dealkylation sites (tertiary alicyclic amines) is 1. The second-order valence-corrected chi connectivity index (χ2v) is 10.9. The molecule has 1 atom stereocenters. The zero-order valence-corrected chi connectivity index (χ0v) is 21.1. The molecular weight excluding hydrogens is 462 g/mol. The van der Waals surface area contributed by atoms with E-state index < -0.39 is 0 Å². The number of nitrogens with zero attached hydrogens (tertiary/aromatic N) is 4. The molecule has 0 amide bonds. The van der Waals surface area contributed by atoms with E-state index in [1.807, 2.05) is 11.7 Å². The Hall–Kier alpha value is -3.35. The standard InChI is InChI=1S/C30H29N5S/c1-2-15-35(14-1)25-11-7-20-6-10-24(16-21(20)8-12-25)33-30-31-18-23-4-3-5-26(29(23)34-30)22-9-13-28-27(17-22)32-19-36-28/h3-6,9-10,13,16-19,25H,1-2,7-8,11-12,14-15H2,(H,31,33,34)/t25-/m0/s1. The predicted molar refractivity (Wildman–Crippen MR) is 149 cm³/mol. The van der Waals surface area contributed by atoms with E-state index in [4.69, 9.17) is 4.98 Å². The topological polar surface area (TPSA) is 53.9 Å². The summed E-state index contributed by atoms with van der Waals surface area (Å²) in [7, 11) is 0. The summed E-state index contributed by atoms with van der Waals surface area (Å²) in [6.07, 6.45) is 9.51.